The molecule has 3 rings (SSSR count). The van der Waals surface area contributed by atoms with Gasteiger partial charge in [-0.05, 0) is 5.56 Å². The van der Waals surface area contributed by atoms with E-state index in [1.54, 1.807) is 0 Å². The Balaban J connectivity index is 1.88. The lowest BCUT2D eigenvalue weighted by Crippen LogP contribution is -2.14. The first-order chi connectivity index (χ1) is 8.29. The highest BCUT2D eigenvalue weighted by atomic mass is 16.5. The maximum absolute atomic E-state index is 11.8. The first-order valence-corrected chi connectivity index (χ1v) is 5.83. The van der Waals surface area contributed by atoms with Gasteiger partial charge in [0.2, 0.25) is 0 Å². The van der Waals surface area contributed by atoms with Crippen molar-refractivity contribution in [3.8, 4) is 0 Å². The minimum atomic E-state index is -0.419. The van der Waals surface area contributed by atoms with Crippen LogP contribution >= 0.6 is 0 Å². The summed E-state index contributed by atoms with van der Waals surface area (Å²) in [5, 5.41) is 0. The molecule has 86 valence electrons. The third-order valence-electron chi connectivity index (χ3n) is 3.84. The number of carbonyl (C=O) groups is 1. The number of ether oxygens (including phenoxy) is 1. The minimum absolute atomic E-state index is 0.0976. The summed E-state index contributed by atoms with van der Waals surface area (Å²) in [7, 11) is 0. The molecule has 0 bridgehead atoms. The number of cyclic esters (lactones) is 1. The SMILES string of the molecule is C=C[C@H]1[C@H]2COC(=O)[C@@]21/C=C/c1ccccc1. The normalized spacial score (nSPS) is 34.5. The van der Waals surface area contributed by atoms with Crippen LogP contribution in [-0.2, 0) is 9.53 Å². The van der Waals surface area contributed by atoms with Crippen molar-refractivity contribution in [2.24, 2.45) is 17.3 Å². The van der Waals surface area contributed by atoms with Gasteiger partial charge >= 0.3 is 5.97 Å². The summed E-state index contributed by atoms with van der Waals surface area (Å²) >= 11 is 0. The fraction of sp³-hybridized carbons (Fsp3) is 0.267. The Morgan fingerprint density at radius 1 is 1.35 bits per heavy atom. The van der Waals surface area contributed by atoms with Crippen LogP contribution in [0.4, 0.5) is 0 Å². The van der Waals surface area contributed by atoms with Crippen LogP contribution in [0, 0.1) is 17.3 Å². The maximum Gasteiger partial charge on any atom is 0.317 e. The number of fused-ring (bicyclic) bond motifs is 1. The van der Waals surface area contributed by atoms with Gasteiger partial charge in [0.15, 0.2) is 0 Å². The molecule has 0 aromatic heterocycles. The molecule has 0 unspecified atom stereocenters. The van der Waals surface area contributed by atoms with E-state index in [4.69, 9.17) is 4.74 Å². The smallest absolute Gasteiger partial charge is 0.317 e. The molecule has 2 nitrogen and oxygen atoms in total. The Labute approximate surface area is 101 Å². The molecule has 3 atom stereocenters. The van der Waals surface area contributed by atoms with E-state index in [0.717, 1.165) is 5.56 Å². The monoisotopic (exact) mass is 226 g/mol. The lowest BCUT2D eigenvalue weighted by molar-refractivity contribution is -0.143. The van der Waals surface area contributed by atoms with E-state index in [0.29, 0.717) is 12.5 Å². The van der Waals surface area contributed by atoms with Gasteiger partial charge in [0.25, 0.3) is 0 Å². The van der Waals surface area contributed by atoms with Crippen molar-refractivity contribution < 1.29 is 9.53 Å². The zero-order valence-corrected chi connectivity index (χ0v) is 9.50. The summed E-state index contributed by atoms with van der Waals surface area (Å²) in [5.41, 5.74) is 0.687. The van der Waals surface area contributed by atoms with Crippen LogP contribution in [-0.4, -0.2) is 12.6 Å². The topological polar surface area (TPSA) is 26.3 Å². The first-order valence-electron chi connectivity index (χ1n) is 5.83. The summed E-state index contributed by atoms with van der Waals surface area (Å²) in [6.45, 7) is 4.33. The summed E-state index contributed by atoms with van der Waals surface area (Å²) in [6.07, 6.45) is 5.87. The van der Waals surface area contributed by atoms with E-state index >= 15 is 0 Å². The minimum Gasteiger partial charge on any atom is -0.465 e. The second-order valence-corrected chi connectivity index (χ2v) is 4.64. The molecule has 1 saturated heterocycles. The van der Waals surface area contributed by atoms with Gasteiger partial charge in [-0.25, -0.2) is 0 Å². The van der Waals surface area contributed by atoms with E-state index in [1.807, 2.05) is 48.6 Å². The van der Waals surface area contributed by atoms with Crippen LogP contribution in [0.15, 0.2) is 49.1 Å². The van der Waals surface area contributed by atoms with Crippen LogP contribution in [0.1, 0.15) is 5.56 Å². The molecule has 1 aromatic rings. The van der Waals surface area contributed by atoms with Crippen molar-refractivity contribution in [1.29, 1.82) is 0 Å². The third-order valence-corrected chi connectivity index (χ3v) is 3.84. The standard InChI is InChI=1S/C15H14O2/c1-2-12-13-10-17-14(16)15(12,13)9-8-11-6-4-3-5-7-11/h2-9,12-13H,1,10H2/b9-8+/t12-,13+,15+/m0/s1. The second-order valence-electron chi connectivity index (χ2n) is 4.64. The van der Waals surface area contributed by atoms with Gasteiger partial charge in [-0.3, -0.25) is 4.79 Å². The van der Waals surface area contributed by atoms with Gasteiger partial charge in [-0.1, -0.05) is 48.6 Å². The molecule has 2 fully saturated rings. The third kappa shape index (κ3) is 1.37. The molecule has 0 N–H and O–H groups in total. The van der Waals surface area contributed by atoms with E-state index in [-0.39, 0.29) is 11.9 Å². The average Bonchev–Trinajstić information content (AvgIpc) is 2.91. The number of allylic oxidation sites excluding steroid dienone is 1. The molecule has 1 aliphatic carbocycles. The number of rotatable bonds is 3. The van der Waals surface area contributed by atoms with Crippen LogP contribution in [0.5, 0.6) is 0 Å². The Morgan fingerprint density at radius 2 is 2.12 bits per heavy atom. The Kier molecular flexibility index (Phi) is 2.18. The molecule has 1 aliphatic heterocycles. The molecule has 0 spiro atoms. The average molecular weight is 226 g/mol. The number of hydrogen-bond acceptors (Lipinski definition) is 2. The molecular weight excluding hydrogens is 212 g/mol. The molecule has 2 aliphatic rings. The van der Waals surface area contributed by atoms with Crippen molar-refractivity contribution in [3.63, 3.8) is 0 Å². The zero-order chi connectivity index (χ0) is 11.9. The van der Waals surface area contributed by atoms with Gasteiger partial charge in [-0.2, -0.15) is 0 Å². The Morgan fingerprint density at radius 3 is 2.76 bits per heavy atom. The van der Waals surface area contributed by atoms with E-state index in [9.17, 15) is 4.79 Å². The largest absolute Gasteiger partial charge is 0.465 e. The fourth-order valence-electron chi connectivity index (χ4n) is 2.79. The van der Waals surface area contributed by atoms with Crippen LogP contribution in [0.3, 0.4) is 0 Å². The first kappa shape index (κ1) is 10.3. The molecule has 1 saturated carbocycles. The second kappa shape index (κ2) is 3.59. The highest BCUT2D eigenvalue weighted by Crippen LogP contribution is 2.64. The fourth-order valence-corrected chi connectivity index (χ4v) is 2.79. The van der Waals surface area contributed by atoms with E-state index in [2.05, 4.69) is 6.58 Å². The summed E-state index contributed by atoms with van der Waals surface area (Å²) < 4.78 is 5.10. The van der Waals surface area contributed by atoms with Gasteiger partial charge in [0.05, 0.1) is 12.0 Å². The lowest BCUT2D eigenvalue weighted by Gasteiger charge is -2.05. The maximum atomic E-state index is 11.8. The number of hydrogen-bond donors (Lipinski definition) is 0. The Hall–Kier alpha value is -1.83. The van der Waals surface area contributed by atoms with Crippen molar-refractivity contribution in [2.45, 2.75) is 0 Å². The van der Waals surface area contributed by atoms with Crippen molar-refractivity contribution in [2.75, 3.05) is 6.61 Å². The van der Waals surface area contributed by atoms with Gasteiger partial charge in [-0.15, -0.1) is 6.58 Å². The van der Waals surface area contributed by atoms with Crippen LogP contribution < -0.4 is 0 Å². The summed E-state index contributed by atoms with van der Waals surface area (Å²) in [6, 6.07) is 9.99. The van der Waals surface area contributed by atoms with Gasteiger partial charge in [0.1, 0.15) is 0 Å². The molecule has 2 heteroatoms. The summed E-state index contributed by atoms with van der Waals surface area (Å²) in [4.78, 5) is 11.8. The van der Waals surface area contributed by atoms with E-state index < -0.39 is 5.41 Å². The molecule has 0 radical (unpaired) electrons. The van der Waals surface area contributed by atoms with Crippen LogP contribution in [0.2, 0.25) is 0 Å². The molecule has 17 heavy (non-hydrogen) atoms. The zero-order valence-electron chi connectivity index (χ0n) is 9.50. The lowest BCUT2D eigenvalue weighted by atomic mass is 10.0. The van der Waals surface area contributed by atoms with Gasteiger partial charge < -0.3 is 4.74 Å². The quantitative estimate of drug-likeness (QED) is 0.585. The number of esters is 1. The predicted molar refractivity (Wildman–Crippen MR) is 66.0 cm³/mol. The molecule has 0 amide bonds. The predicted octanol–water partition coefficient (Wildman–Crippen LogP) is 2.68. The van der Waals surface area contributed by atoms with Crippen molar-refractivity contribution in [3.05, 3.63) is 54.6 Å². The summed E-state index contributed by atoms with van der Waals surface area (Å²) in [5.74, 6) is 0.454. The highest BCUT2D eigenvalue weighted by molar-refractivity contribution is 5.88. The molecule has 1 heterocycles. The van der Waals surface area contributed by atoms with Crippen molar-refractivity contribution >= 4 is 12.0 Å². The molecular formula is C15H14O2. The van der Waals surface area contributed by atoms with Crippen molar-refractivity contribution in [1.82, 2.24) is 0 Å². The Bertz CT molecular complexity index is 489. The highest BCUT2D eigenvalue weighted by Gasteiger charge is 2.71. The number of benzene rings is 1. The van der Waals surface area contributed by atoms with E-state index in [1.165, 1.54) is 0 Å². The molecule has 1 aromatic carbocycles. The van der Waals surface area contributed by atoms with Crippen LogP contribution in [0.25, 0.3) is 6.08 Å². The number of carbonyl (C=O) groups excluding carboxylic acids is 1. The van der Waals surface area contributed by atoms with Gasteiger partial charge in [0, 0.05) is 11.8 Å².